The summed E-state index contributed by atoms with van der Waals surface area (Å²) in [5, 5.41) is 0. The summed E-state index contributed by atoms with van der Waals surface area (Å²) >= 11 is 0. The fourth-order valence-electron chi connectivity index (χ4n) is 3.28. The molecule has 4 atom stereocenters. The second kappa shape index (κ2) is 10.4. The van der Waals surface area contributed by atoms with Crippen molar-refractivity contribution in [3.63, 3.8) is 0 Å². The van der Waals surface area contributed by atoms with Crippen molar-refractivity contribution in [1.82, 2.24) is 9.55 Å². The maximum Gasteiger partial charge on any atom is 0.330 e. The molecular weight excluding hydrogens is 444 g/mol. The first-order valence-electron chi connectivity index (χ1n) is 10.0. The van der Waals surface area contributed by atoms with Crippen molar-refractivity contribution >= 4 is 23.9 Å². The van der Waals surface area contributed by atoms with Gasteiger partial charge in [0.15, 0.2) is 24.0 Å². The Balaban J connectivity index is 2.67. The van der Waals surface area contributed by atoms with Gasteiger partial charge in [-0.1, -0.05) is 6.92 Å². The molecule has 1 fully saturated rings. The van der Waals surface area contributed by atoms with E-state index in [1.54, 1.807) is 6.92 Å². The second-order valence-corrected chi connectivity index (χ2v) is 7.45. The number of carbonyl (C=O) groups is 4. The standard InChI is InChI=1S/C20H26N2O11/c1-6-14(26)30-9-20(8-29-11(3)23)16(32-13(5)25)15(31-12(4)24)18(33-20)22-7-10(2)17(27)21-19(22)28/h7,15-16,18H,6,8-9H2,1-5H3,(H,21,27,28)/t15-,16-,18-,20+/m1/s1. The predicted octanol–water partition coefficient (Wildman–Crippen LogP) is -0.508. The Morgan fingerprint density at radius 3 is 2.18 bits per heavy atom. The van der Waals surface area contributed by atoms with Crippen LogP contribution in [0.4, 0.5) is 0 Å². The highest BCUT2D eigenvalue weighted by Gasteiger charge is 2.61. The average molecular weight is 470 g/mol. The molecule has 1 aromatic rings. The van der Waals surface area contributed by atoms with Crippen LogP contribution in [0.1, 0.15) is 45.9 Å². The largest absolute Gasteiger partial charge is 0.462 e. The Hall–Kier alpha value is -3.48. The van der Waals surface area contributed by atoms with Crippen LogP contribution in [0, 0.1) is 6.92 Å². The van der Waals surface area contributed by atoms with E-state index in [1.807, 2.05) is 0 Å². The van der Waals surface area contributed by atoms with E-state index < -0.39 is 72.4 Å². The number of aryl methyl sites for hydroxylation is 1. The van der Waals surface area contributed by atoms with Crippen molar-refractivity contribution in [3.8, 4) is 0 Å². The van der Waals surface area contributed by atoms with Gasteiger partial charge in [0.25, 0.3) is 5.56 Å². The molecule has 0 spiro atoms. The summed E-state index contributed by atoms with van der Waals surface area (Å²) in [4.78, 5) is 73.6. The van der Waals surface area contributed by atoms with Gasteiger partial charge in [-0.2, -0.15) is 0 Å². The Morgan fingerprint density at radius 1 is 1.03 bits per heavy atom. The van der Waals surface area contributed by atoms with Crippen molar-refractivity contribution in [1.29, 1.82) is 0 Å². The Kier molecular flexibility index (Phi) is 8.14. The first-order valence-corrected chi connectivity index (χ1v) is 10.0. The van der Waals surface area contributed by atoms with E-state index in [0.717, 1.165) is 25.3 Å². The lowest BCUT2D eigenvalue weighted by atomic mass is 9.96. The second-order valence-electron chi connectivity index (χ2n) is 7.45. The van der Waals surface area contributed by atoms with Crippen molar-refractivity contribution in [2.24, 2.45) is 0 Å². The molecule has 0 unspecified atom stereocenters. The zero-order valence-electron chi connectivity index (χ0n) is 18.9. The normalized spacial score (nSPS) is 24.1. The molecule has 13 nitrogen and oxygen atoms in total. The van der Waals surface area contributed by atoms with E-state index in [2.05, 4.69) is 4.98 Å². The maximum absolute atomic E-state index is 12.5. The summed E-state index contributed by atoms with van der Waals surface area (Å²) < 4.78 is 28.0. The van der Waals surface area contributed by atoms with Crippen LogP contribution in [-0.4, -0.2) is 64.5 Å². The topological polar surface area (TPSA) is 169 Å². The summed E-state index contributed by atoms with van der Waals surface area (Å²) in [5.41, 5.74) is -3.24. The van der Waals surface area contributed by atoms with Crippen molar-refractivity contribution in [3.05, 3.63) is 32.6 Å². The van der Waals surface area contributed by atoms with Gasteiger partial charge in [-0.05, 0) is 6.92 Å². The number of hydrogen-bond acceptors (Lipinski definition) is 11. The molecule has 1 saturated heterocycles. The first-order chi connectivity index (χ1) is 15.4. The van der Waals surface area contributed by atoms with Crippen molar-refractivity contribution in [2.45, 2.75) is 65.1 Å². The number of nitrogens with one attached hydrogen (secondary N) is 1. The average Bonchev–Trinajstić information content (AvgIpc) is 3.00. The smallest absolute Gasteiger partial charge is 0.330 e. The lowest BCUT2D eigenvalue weighted by Gasteiger charge is -2.32. The number of aromatic amines is 1. The molecule has 0 bridgehead atoms. The fourth-order valence-corrected chi connectivity index (χ4v) is 3.28. The number of esters is 4. The minimum Gasteiger partial charge on any atom is -0.462 e. The summed E-state index contributed by atoms with van der Waals surface area (Å²) in [6, 6.07) is 0. The third-order valence-corrected chi connectivity index (χ3v) is 4.75. The highest BCUT2D eigenvalue weighted by Crippen LogP contribution is 2.41. The molecule has 33 heavy (non-hydrogen) atoms. The van der Waals surface area contributed by atoms with Gasteiger partial charge in [0.1, 0.15) is 13.2 Å². The van der Waals surface area contributed by atoms with Gasteiger partial charge in [0.05, 0.1) is 0 Å². The maximum atomic E-state index is 12.5. The Labute approximate surface area is 187 Å². The van der Waals surface area contributed by atoms with Crippen molar-refractivity contribution < 1.29 is 42.9 Å². The molecule has 1 aliphatic rings. The van der Waals surface area contributed by atoms with Crippen LogP contribution < -0.4 is 11.2 Å². The SMILES string of the molecule is CCC(=O)OC[C@]1(COC(C)=O)O[C@@H](n2cc(C)c(=O)[nH]c2=O)[C@H](OC(C)=O)[C@H]1OC(C)=O. The molecule has 182 valence electrons. The Bertz CT molecular complexity index is 1040. The fraction of sp³-hybridized carbons (Fsp3) is 0.600. The summed E-state index contributed by atoms with van der Waals surface area (Å²) in [6.45, 7) is 5.16. The zero-order valence-corrected chi connectivity index (χ0v) is 18.9. The van der Waals surface area contributed by atoms with Crippen LogP contribution >= 0.6 is 0 Å². The summed E-state index contributed by atoms with van der Waals surface area (Å²) in [7, 11) is 0. The molecule has 0 aliphatic carbocycles. The van der Waals surface area contributed by atoms with E-state index in [9.17, 15) is 28.8 Å². The van der Waals surface area contributed by atoms with E-state index >= 15 is 0 Å². The van der Waals surface area contributed by atoms with Gasteiger partial charge in [-0.3, -0.25) is 33.5 Å². The molecule has 1 aliphatic heterocycles. The van der Waals surface area contributed by atoms with Gasteiger partial charge in [0, 0.05) is 39.0 Å². The summed E-state index contributed by atoms with van der Waals surface area (Å²) in [6.07, 6.45) is -3.13. The zero-order chi connectivity index (χ0) is 24.9. The predicted molar refractivity (Wildman–Crippen MR) is 108 cm³/mol. The molecular formula is C20H26N2O11. The highest BCUT2D eigenvalue weighted by molar-refractivity contribution is 5.69. The summed E-state index contributed by atoms with van der Waals surface area (Å²) in [5.74, 6) is -2.95. The van der Waals surface area contributed by atoms with Crippen LogP contribution in [0.5, 0.6) is 0 Å². The van der Waals surface area contributed by atoms with Crippen LogP contribution in [0.15, 0.2) is 15.8 Å². The minimum absolute atomic E-state index is 0.0112. The van der Waals surface area contributed by atoms with E-state index in [-0.39, 0.29) is 12.0 Å². The van der Waals surface area contributed by atoms with Gasteiger partial charge >= 0.3 is 29.6 Å². The highest BCUT2D eigenvalue weighted by atomic mass is 16.7. The molecule has 1 N–H and O–H groups in total. The van der Waals surface area contributed by atoms with Crippen LogP contribution in [-0.2, 0) is 42.9 Å². The number of hydrogen-bond donors (Lipinski definition) is 1. The number of H-pyrrole nitrogens is 1. The van der Waals surface area contributed by atoms with Crippen LogP contribution in [0.3, 0.4) is 0 Å². The molecule has 2 rings (SSSR count). The lowest BCUT2D eigenvalue weighted by molar-refractivity contribution is -0.193. The first kappa shape index (κ1) is 25.8. The van der Waals surface area contributed by atoms with Crippen LogP contribution in [0.25, 0.3) is 0 Å². The molecule has 0 aromatic carbocycles. The molecule has 0 amide bonds. The number of aromatic nitrogens is 2. The number of carbonyl (C=O) groups excluding carboxylic acids is 4. The van der Waals surface area contributed by atoms with E-state index in [0.29, 0.717) is 0 Å². The van der Waals surface area contributed by atoms with E-state index in [1.165, 1.54) is 13.1 Å². The molecule has 1 aromatic heterocycles. The van der Waals surface area contributed by atoms with Gasteiger partial charge in [-0.25, -0.2) is 4.79 Å². The van der Waals surface area contributed by atoms with Gasteiger partial charge < -0.3 is 23.7 Å². The van der Waals surface area contributed by atoms with Gasteiger partial charge in [0.2, 0.25) is 0 Å². The van der Waals surface area contributed by atoms with Crippen LogP contribution in [0.2, 0.25) is 0 Å². The number of nitrogens with zero attached hydrogens (tertiary/aromatic N) is 1. The lowest BCUT2D eigenvalue weighted by Crippen LogP contribution is -2.53. The monoisotopic (exact) mass is 470 g/mol. The molecule has 0 saturated carbocycles. The molecule has 2 heterocycles. The minimum atomic E-state index is -1.84. The third kappa shape index (κ3) is 6.06. The molecule has 0 radical (unpaired) electrons. The van der Waals surface area contributed by atoms with Crippen molar-refractivity contribution in [2.75, 3.05) is 13.2 Å². The molecule has 13 heteroatoms. The Morgan fingerprint density at radius 2 is 1.64 bits per heavy atom. The number of rotatable bonds is 8. The quantitative estimate of drug-likeness (QED) is 0.383. The van der Waals surface area contributed by atoms with Gasteiger partial charge in [-0.15, -0.1) is 0 Å². The number of ether oxygens (including phenoxy) is 5. The van der Waals surface area contributed by atoms with E-state index in [4.69, 9.17) is 23.7 Å². The third-order valence-electron chi connectivity index (χ3n) is 4.75.